The summed E-state index contributed by atoms with van der Waals surface area (Å²) in [6, 6.07) is 29.3. The predicted molar refractivity (Wildman–Crippen MR) is 112 cm³/mol. The smallest absolute Gasteiger partial charge is 0.0914 e. The van der Waals surface area contributed by atoms with E-state index in [1.54, 1.807) is 0 Å². The molecule has 0 spiro atoms. The van der Waals surface area contributed by atoms with Gasteiger partial charge in [0.2, 0.25) is 0 Å². The van der Waals surface area contributed by atoms with Gasteiger partial charge in [0.25, 0.3) is 0 Å². The van der Waals surface area contributed by atoms with Crippen LogP contribution in [0.1, 0.15) is 11.4 Å². The summed E-state index contributed by atoms with van der Waals surface area (Å²) in [5, 5.41) is 0. The van der Waals surface area contributed by atoms with Crippen molar-refractivity contribution in [3.05, 3.63) is 103 Å². The van der Waals surface area contributed by atoms with E-state index in [1.807, 2.05) is 32.2 Å². The molecule has 0 unspecified atom stereocenters. The monoisotopic (exact) mass is 351 g/mol. The molecule has 4 rings (SSSR count). The molecule has 0 aliphatic heterocycles. The SMILES string of the molecule is Cc1cnc(-c2ccc(N(c3ccccc3)c3ccccc3)cc2)c(C)n1. The summed E-state index contributed by atoms with van der Waals surface area (Å²) in [6.07, 6.45) is 1.82. The van der Waals surface area contributed by atoms with Gasteiger partial charge in [0.05, 0.1) is 17.1 Å². The maximum Gasteiger partial charge on any atom is 0.0914 e. The summed E-state index contributed by atoms with van der Waals surface area (Å²) in [5.74, 6) is 0. The highest BCUT2D eigenvalue weighted by Crippen LogP contribution is 2.35. The lowest BCUT2D eigenvalue weighted by Gasteiger charge is -2.25. The molecule has 4 aromatic rings. The van der Waals surface area contributed by atoms with Crippen LogP contribution in [0.2, 0.25) is 0 Å². The van der Waals surface area contributed by atoms with E-state index in [0.717, 1.165) is 39.7 Å². The minimum Gasteiger partial charge on any atom is -0.311 e. The van der Waals surface area contributed by atoms with Crippen LogP contribution in [-0.2, 0) is 0 Å². The standard InChI is InChI=1S/C24H21N3/c1-18-17-25-24(19(2)26-18)20-13-15-23(16-14-20)27(21-9-5-3-6-10-21)22-11-7-4-8-12-22/h3-17H,1-2H3. The van der Waals surface area contributed by atoms with Crippen molar-refractivity contribution in [1.29, 1.82) is 0 Å². The summed E-state index contributed by atoms with van der Waals surface area (Å²) >= 11 is 0. The van der Waals surface area contributed by atoms with Crippen molar-refractivity contribution < 1.29 is 0 Å². The van der Waals surface area contributed by atoms with Gasteiger partial charge in [0.1, 0.15) is 0 Å². The number of aromatic nitrogens is 2. The number of nitrogens with zero attached hydrogens (tertiary/aromatic N) is 3. The summed E-state index contributed by atoms with van der Waals surface area (Å²) < 4.78 is 0. The Morgan fingerprint density at radius 3 is 1.67 bits per heavy atom. The van der Waals surface area contributed by atoms with E-state index < -0.39 is 0 Å². The van der Waals surface area contributed by atoms with Gasteiger partial charge in [-0.2, -0.15) is 0 Å². The molecular formula is C24H21N3. The number of rotatable bonds is 4. The lowest BCUT2D eigenvalue weighted by Crippen LogP contribution is -2.09. The van der Waals surface area contributed by atoms with E-state index in [-0.39, 0.29) is 0 Å². The average Bonchev–Trinajstić information content (AvgIpc) is 2.71. The summed E-state index contributed by atoms with van der Waals surface area (Å²) in [4.78, 5) is 11.3. The predicted octanol–water partition coefficient (Wildman–Crippen LogP) is 6.23. The normalized spacial score (nSPS) is 10.6. The Kier molecular flexibility index (Phi) is 4.67. The molecule has 0 N–H and O–H groups in total. The molecule has 0 aliphatic carbocycles. The zero-order valence-corrected chi connectivity index (χ0v) is 15.5. The molecule has 3 aromatic carbocycles. The first-order valence-electron chi connectivity index (χ1n) is 9.03. The highest BCUT2D eigenvalue weighted by molar-refractivity contribution is 5.77. The lowest BCUT2D eigenvalue weighted by atomic mass is 10.1. The first-order chi connectivity index (χ1) is 13.2. The van der Waals surface area contributed by atoms with Gasteiger partial charge in [-0.15, -0.1) is 0 Å². The van der Waals surface area contributed by atoms with Crippen LogP contribution in [0.15, 0.2) is 91.1 Å². The van der Waals surface area contributed by atoms with Crippen LogP contribution in [-0.4, -0.2) is 9.97 Å². The van der Waals surface area contributed by atoms with E-state index >= 15 is 0 Å². The Hall–Kier alpha value is -3.46. The van der Waals surface area contributed by atoms with Crippen LogP contribution in [0, 0.1) is 13.8 Å². The van der Waals surface area contributed by atoms with E-state index in [9.17, 15) is 0 Å². The van der Waals surface area contributed by atoms with Crippen molar-refractivity contribution in [2.45, 2.75) is 13.8 Å². The lowest BCUT2D eigenvalue weighted by molar-refractivity contribution is 1.06. The van der Waals surface area contributed by atoms with E-state index in [4.69, 9.17) is 0 Å². The number of aryl methyl sites for hydroxylation is 2. The molecular weight excluding hydrogens is 330 g/mol. The number of hydrogen-bond donors (Lipinski definition) is 0. The van der Waals surface area contributed by atoms with Gasteiger partial charge in [-0.05, 0) is 50.2 Å². The van der Waals surface area contributed by atoms with Gasteiger partial charge in [0, 0.05) is 28.8 Å². The van der Waals surface area contributed by atoms with Crippen molar-refractivity contribution in [2.75, 3.05) is 4.90 Å². The maximum atomic E-state index is 4.56. The number of anilines is 3. The molecule has 0 atom stereocenters. The minimum atomic E-state index is 0.929. The van der Waals surface area contributed by atoms with Crippen LogP contribution in [0.5, 0.6) is 0 Å². The highest BCUT2D eigenvalue weighted by atomic mass is 15.1. The Labute approximate surface area is 160 Å². The second-order valence-electron chi connectivity index (χ2n) is 6.50. The summed E-state index contributed by atoms with van der Waals surface area (Å²) in [5.41, 5.74) is 7.25. The Morgan fingerprint density at radius 1 is 0.630 bits per heavy atom. The Balaban J connectivity index is 1.75. The van der Waals surface area contributed by atoms with Gasteiger partial charge in [-0.1, -0.05) is 48.5 Å². The molecule has 3 heteroatoms. The molecule has 27 heavy (non-hydrogen) atoms. The van der Waals surface area contributed by atoms with Crippen molar-refractivity contribution in [3.8, 4) is 11.3 Å². The van der Waals surface area contributed by atoms with Crippen LogP contribution < -0.4 is 4.90 Å². The van der Waals surface area contributed by atoms with Crippen LogP contribution >= 0.6 is 0 Å². The molecule has 1 aromatic heterocycles. The molecule has 0 bridgehead atoms. The van der Waals surface area contributed by atoms with Crippen LogP contribution in [0.4, 0.5) is 17.1 Å². The first-order valence-corrected chi connectivity index (χ1v) is 9.03. The van der Waals surface area contributed by atoms with Crippen molar-refractivity contribution >= 4 is 17.1 Å². The van der Waals surface area contributed by atoms with Crippen molar-refractivity contribution in [3.63, 3.8) is 0 Å². The highest BCUT2D eigenvalue weighted by Gasteiger charge is 2.12. The molecule has 0 saturated carbocycles. The van der Waals surface area contributed by atoms with Crippen LogP contribution in [0.3, 0.4) is 0 Å². The molecule has 1 heterocycles. The van der Waals surface area contributed by atoms with Crippen molar-refractivity contribution in [2.24, 2.45) is 0 Å². The van der Waals surface area contributed by atoms with Gasteiger partial charge >= 0.3 is 0 Å². The van der Waals surface area contributed by atoms with Gasteiger partial charge < -0.3 is 4.90 Å². The van der Waals surface area contributed by atoms with Gasteiger partial charge in [-0.3, -0.25) is 9.97 Å². The topological polar surface area (TPSA) is 29.0 Å². The second-order valence-corrected chi connectivity index (χ2v) is 6.50. The number of benzene rings is 3. The molecule has 0 radical (unpaired) electrons. The fourth-order valence-corrected chi connectivity index (χ4v) is 3.25. The third-order valence-corrected chi connectivity index (χ3v) is 4.49. The fourth-order valence-electron chi connectivity index (χ4n) is 3.25. The molecule has 0 amide bonds. The quantitative estimate of drug-likeness (QED) is 0.436. The average molecular weight is 351 g/mol. The largest absolute Gasteiger partial charge is 0.311 e. The second kappa shape index (κ2) is 7.42. The van der Waals surface area contributed by atoms with Crippen molar-refractivity contribution in [1.82, 2.24) is 9.97 Å². The Bertz CT molecular complexity index is 987. The molecule has 0 aliphatic rings. The third kappa shape index (κ3) is 3.58. The summed E-state index contributed by atoms with van der Waals surface area (Å²) in [7, 11) is 0. The number of hydrogen-bond acceptors (Lipinski definition) is 3. The third-order valence-electron chi connectivity index (χ3n) is 4.49. The van der Waals surface area contributed by atoms with Crippen LogP contribution in [0.25, 0.3) is 11.3 Å². The molecule has 0 fully saturated rings. The first kappa shape index (κ1) is 17.0. The minimum absolute atomic E-state index is 0.929. The molecule has 3 nitrogen and oxygen atoms in total. The zero-order valence-electron chi connectivity index (χ0n) is 15.5. The maximum absolute atomic E-state index is 4.56. The molecule has 0 saturated heterocycles. The molecule has 132 valence electrons. The van der Waals surface area contributed by atoms with E-state index in [0.29, 0.717) is 0 Å². The van der Waals surface area contributed by atoms with Gasteiger partial charge in [0.15, 0.2) is 0 Å². The van der Waals surface area contributed by atoms with Gasteiger partial charge in [-0.25, -0.2) is 0 Å². The fraction of sp³-hybridized carbons (Fsp3) is 0.0833. The zero-order chi connectivity index (χ0) is 18.6. The van der Waals surface area contributed by atoms with E-state index in [2.05, 4.69) is 87.7 Å². The summed E-state index contributed by atoms with van der Waals surface area (Å²) in [6.45, 7) is 3.97. The Morgan fingerprint density at radius 2 is 1.15 bits per heavy atom. The number of para-hydroxylation sites is 2. The van der Waals surface area contributed by atoms with E-state index in [1.165, 1.54) is 0 Å².